The Morgan fingerprint density at radius 3 is 2.87 bits per heavy atom. The molecule has 0 aliphatic carbocycles. The minimum atomic E-state index is -0.104. The first-order valence-corrected chi connectivity index (χ1v) is 5.58. The van der Waals surface area contributed by atoms with Gasteiger partial charge in [0, 0.05) is 16.7 Å². The lowest BCUT2D eigenvalue weighted by Gasteiger charge is -2.07. The lowest BCUT2D eigenvalue weighted by molar-refractivity contribution is 0.0954. The fourth-order valence-corrected chi connectivity index (χ4v) is 1.82. The van der Waals surface area contributed by atoms with Crippen LogP contribution in [-0.2, 0) is 0 Å². The number of ether oxygens (including phenoxy) is 1. The van der Waals surface area contributed by atoms with Gasteiger partial charge in [0.2, 0.25) is 0 Å². The molecule has 5 heteroatoms. The summed E-state index contributed by atoms with van der Waals surface area (Å²) >= 11 is 2.10. The molecule has 0 saturated heterocycles. The summed E-state index contributed by atoms with van der Waals surface area (Å²) in [7, 11) is 1.60. The van der Waals surface area contributed by atoms with E-state index in [1.807, 2.05) is 6.07 Å². The molecule has 82 valence electrons. The summed E-state index contributed by atoms with van der Waals surface area (Å²) in [5.41, 5.74) is 5.95. The van der Waals surface area contributed by atoms with Crippen molar-refractivity contribution in [3.8, 4) is 5.75 Å². The normalized spacial score (nSPS) is 9.80. The van der Waals surface area contributed by atoms with Crippen LogP contribution in [-0.4, -0.2) is 26.1 Å². The van der Waals surface area contributed by atoms with Gasteiger partial charge in [0.1, 0.15) is 5.75 Å². The highest BCUT2D eigenvalue weighted by Crippen LogP contribution is 2.19. The Morgan fingerprint density at radius 2 is 2.33 bits per heavy atom. The van der Waals surface area contributed by atoms with Crippen molar-refractivity contribution in [2.45, 2.75) is 0 Å². The predicted molar refractivity (Wildman–Crippen MR) is 67.1 cm³/mol. The van der Waals surface area contributed by atoms with E-state index in [4.69, 9.17) is 10.5 Å². The maximum Gasteiger partial charge on any atom is 0.252 e. The van der Waals surface area contributed by atoms with E-state index in [9.17, 15) is 4.79 Å². The molecule has 0 heterocycles. The van der Waals surface area contributed by atoms with Crippen LogP contribution < -0.4 is 15.8 Å². The molecule has 4 nitrogen and oxygen atoms in total. The lowest BCUT2D eigenvalue weighted by Crippen LogP contribution is -2.29. The average Bonchev–Trinajstić information content (AvgIpc) is 2.25. The zero-order valence-electron chi connectivity index (χ0n) is 8.42. The van der Waals surface area contributed by atoms with Gasteiger partial charge in [0.15, 0.2) is 0 Å². The number of nitrogens with one attached hydrogen (secondary N) is 1. The van der Waals surface area contributed by atoms with E-state index in [0.29, 0.717) is 18.7 Å². The molecule has 0 radical (unpaired) electrons. The highest BCUT2D eigenvalue weighted by Gasteiger charge is 2.09. The van der Waals surface area contributed by atoms with Crippen molar-refractivity contribution in [1.29, 1.82) is 0 Å². The highest BCUT2D eigenvalue weighted by molar-refractivity contribution is 14.1. The van der Waals surface area contributed by atoms with Crippen LogP contribution >= 0.6 is 22.6 Å². The number of carbonyl (C=O) groups is 1. The summed E-state index contributed by atoms with van der Waals surface area (Å²) in [6, 6.07) is 5.32. The van der Waals surface area contributed by atoms with Crippen LogP contribution in [0, 0.1) is 3.57 Å². The van der Waals surface area contributed by atoms with Crippen LogP contribution in [0.3, 0.4) is 0 Å². The summed E-state index contributed by atoms with van der Waals surface area (Å²) in [6.45, 7) is 0.930. The molecular formula is C10H13IN2O2. The first kappa shape index (κ1) is 12.3. The molecule has 15 heavy (non-hydrogen) atoms. The number of carbonyl (C=O) groups excluding carboxylic acids is 1. The predicted octanol–water partition coefficient (Wildman–Crippen LogP) is 0.988. The van der Waals surface area contributed by atoms with Crippen molar-refractivity contribution in [3.63, 3.8) is 0 Å². The molecule has 3 N–H and O–H groups in total. The van der Waals surface area contributed by atoms with Gasteiger partial charge in [-0.1, -0.05) is 0 Å². The Kier molecular flexibility index (Phi) is 4.83. The number of methoxy groups -OCH3 is 1. The van der Waals surface area contributed by atoms with E-state index in [0.717, 1.165) is 9.32 Å². The molecule has 1 aromatic rings. The molecule has 0 saturated carbocycles. The number of halogens is 1. The Balaban J connectivity index is 2.81. The van der Waals surface area contributed by atoms with Crippen molar-refractivity contribution in [2.75, 3.05) is 20.2 Å². The molecule has 1 amide bonds. The Hall–Kier alpha value is -0.820. The maximum absolute atomic E-state index is 11.6. The first-order valence-electron chi connectivity index (χ1n) is 4.51. The van der Waals surface area contributed by atoms with Gasteiger partial charge in [0.05, 0.1) is 12.7 Å². The summed E-state index contributed by atoms with van der Waals surface area (Å²) in [5.74, 6) is 0.641. The summed E-state index contributed by atoms with van der Waals surface area (Å²) in [6.07, 6.45) is 0. The molecule has 0 aromatic heterocycles. The van der Waals surface area contributed by atoms with Crippen LogP contribution in [0.25, 0.3) is 0 Å². The number of amides is 1. The van der Waals surface area contributed by atoms with E-state index in [1.54, 1.807) is 19.2 Å². The third kappa shape index (κ3) is 3.35. The molecule has 0 unspecified atom stereocenters. The largest absolute Gasteiger partial charge is 0.497 e. The first-order chi connectivity index (χ1) is 7.19. The van der Waals surface area contributed by atoms with Crippen LogP contribution in [0.2, 0.25) is 0 Å². The smallest absolute Gasteiger partial charge is 0.252 e. The summed E-state index contributed by atoms with van der Waals surface area (Å²) < 4.78 is 5.92. The van der Waals surface area contributed by atoms with Crippen molar-refractivity contribution in [2.24, 2.45) is 5.73 Å². The van der Waals surface area contributed by atoms with Crippen molar-refractivity contribution in [1.82, 2.24) is 5.32 Å². The van der Waals surface area contributed by atoms with Gasteiger partial charge in [-0.2, -0.15) is 0 Å². The standard InChI is InChI=1S/C10H13IN2O2/c1-15-7-2-3-8(9(11)6-7)10(14)13-5-4-12/h2-3,6H,4-5,12H2,1H3,(H,13,14). The highest BCUT2D eigenvalue weighted by atomic mass is 127. The average molecular weight is 320 g/mol. The molecule has 1 rings (SSSR count). The van der Waals surface area contributed by atoms with Crippen LogP contribution in [0.4, 0.5) is 0 Å². The molecule has 0 bridgehead atoms. The zero-order chi connectivity index (χ0) is 11.3. The fraction of sp³-hybridized carbons (Fsp3) is 0.300. The quantitative estimate of drug-likeness (QED) is 0.813. The third-order valence-electron chi connectivity index (χ3n) is 1.85. The Bertz CT molecular complexity index is 355. The van der Waals surface area contributed by atoms with Gasteiger partial charge < -0.3 is 15.8 Å². The Morgan fingerprint density at radius 1 is 1.60 bits per heavy atom. The maximum atomic E-state index is 11.6. The number of benzene rings is 1. The summed E-state index contributed by atoms with van der Waals surface area (Å²) in [5, 5.41) is 2.72. The third-order valence-corrected chi connectivity index (χ3v) is 2.74. The fourth-order valence-electron chi connectivity index (χ4n) is 1.09. The second kappa shape index (κ2) is 5.92. The zero-order valence-corrected chi connectivity index (χ0v) is 10.6. The topological polar surface area (TPSA) is 64.3 Å². The van der Waals surface area contributed by atoms with Gasteiger partial charge >= 0.3 is 0 Å². The van der Waals surface area contributed by atoms with Crippen LogP contribution in [0.1, 0.15) is 10.4 Å². The van der Waals surface area contributed by atoms with Gasteiger partial charge in [-0.3, -0.25) is 4.79 Å². The van der Waals surface area contributed by atoms with E-state index in [-0.39, 0.29) is 5.91 Å². The molecular weight excluding hydrogens is 307 g/mol. The van der Waals surface area contributed by atoms with Gasteiger partial charge in [-0.05, 0) is 40.8 Å². The van der Waals surface area contributed by atoms with Crippen molar-refractivity contribution >= 4 is 28.5 Å². The van der Waals surface area contributed by atoms with Crippen molar-refractivity contribution in [3.05, 3.63) is 27.3 Å². The van der Waals surface area contributed by atoms with E-state index in [2.05, 4.69) is 27.9 Å². The molecule has 0 fully saturated rings. The van der Waals surface area contributed by atoms with Gasteiger partial charge in [0.25, 0.3) is 5.91 Å². The second-order valence-corrected chi connectivity index (χ2v) is 4.05. The van der Waals surface area contributed by atoms with Gasteiger partial charge in [-0.15, -0.1) is 0 Å². The van der Waals surface area contributed by atoms with Crippen LogP contribution in [0.15, 0.2) is 18.2 Å². The molecule has 0 aliphatic rings. The van der Waals surface area contributed by atoms with E-state index < -0.39 is 0 Å². The summed E-state index contributed by atoms with van der Waals surface area (Å²) in [4.78, 5) is 11.6. The van der Waals surface area contributed by atoms with Gasteiger partial charge in [-0.25, -0.2) is 0 Å². The number of rotatable bonds is 4. The lowest BCUT2D eigenvalue weighted by atomic mass is 10.2. The number of hydrogen-bond donors (Lipinski definition) is 2. The number of nitrogens with two attached hydrogens (primary N) is 1. The van der Waals surface area contributed by atoms with Crippen molar-refractivity contribution < 1.29 is 9.53 Å². The van der Waals surface area contributed by atoms with Crippen LogP contribution in [0.5, 0.6) is 5.75 Å². The second-order valence-electron chi connectivity index (χ2n) is 2.89. The Labute approximate surface area is 102 Å². The monoisotopic (exact) mass is 320 g/mol. The minimum absolute atomic E-state index is 0.104. The molecule has 0 spiro atoms. The molecule has 1 aromatic carbocycles. The molecule has 0 atom stereocenters. The molecule has 0 aliphatic heterocycles. The van der Waals surface area contributed by atoms with E-state index >= 15 is 0 Å². The number of hydrogen-bond acceptors (Lipinski definition) is 3. The SMILES string of the molecule is COc1ccc(C(=O)NCCN)c(I)c1. The minimum Gasteiger partial charge on any atom is -0.497 e. The van der Waals surface area contributed by atoms with E-state index in [1.165, 1.54) is 0 Å².